The Morgan fingerprint density at radius 3 is 2.76 bits per heavy atom. The maximum Gasteiger partial charge on any atom is 0.419 e. The quantitative estimate of drug-likeness (QED) is 0.624. The lowest BCUT2D eigenvalue weighted by molar-refractivity contribution is -0.140. The molecule has 0 bridgehead atoms. The summed E-state index contributed by atoms with van der Waals surface area (Å²) in [5, 5.41) is 6.21. The Balaban J connectivity index is 1.52. The molecule has 184 valence electrons. The molecule has 2 amide bonds. The molecule has 0 saturated carbocycles. The van der Waals surface area contributed by atoms with Crippen LogP contribution in [0.4, 0.5) is 22.4 Å². The van der Waals surface area contributed by atoms with Crippen molar-refractivity contribution in [1.29, 1.82) is 0 Å². The van der Waals surface area contributed by atoms with Crippen molar-refractivity contribution in [2.75, 3.05) is 13.1 Å². The zero-order valence-electron chi connectivity index (χ0n) is 19.3. The molecular weight excluding hydrogens is 450 g/mol. The highest BCUT2D eigenvalue weighted by Crippen LogP contribution is 2.33. The summed E-state index contributed by atoms with van der Waals surface area (Å²) in [5.41, 5.74) is 0.806. The number of aromatic nitrogens is 2. The first kappa shape index (κ1) is 24.4. The molecule has 0 unspecified atom stereocenters. The standard InChI is InChI=1S/C24H29F4N5O/c1-14(2)10-21-30-12-16-7-9-33(13-20(16)31-21)23(34)32-22(19-4-3-8-29-19)15-5-6-17(18(25)11-15)24(26,27)28/h5-6,11-12,14,19,22,29H,3-4,7-10,13H2,1-2H3,(H,32,34)/t19-,22-/m0/s1. The Bertz CT molecular complexity index is 1040. The molecule has 2 aliphatic heterocycles. The van der Waals surface area contributed by atoms with Crippen LogP contribution in [0.3, 0.4) is 0 Å². The number of fused-ring (bicyclic) bond motifs is 1. The fourth-order valence-electron chi connectivity index (χ4n) is 4.57. The highest BCUT2D eigenvalue weighted by Gasteiger charge is 2.36. The van der Waals surface area contributed by atoms with Gasteiger partial charge in [0.1, 0.15) is 11.6 Å². The lowest BCUT2D eigenvalue weighted by atomic mass is 9.96. The first-order chi connectivity index (χ1) is 16.1. The highest BCUT2D eigenvalue weighted by atomic mass is 19.4. The number of urea groups is 1. The lowest BCUT2D eigenvalue weighted by Crippen LogP contribution is -2.48. The van der Waals surface area contributed by atoms with Gasteiger partial charge < -0.3 is 15.5 Å². The van der Waals surface area contributed by atoms with Crippen LogP contribution < -0.4 is 10.6 Å². The summed E-state index contributed by atoms with van der Waals surface area (Å²) in [6.07, 6.45) is 0.00527. The number of hydrogen-bond donors (Lipinski definition) is 2. The average Bonchev–Trinajstić information content (AvgIpc) is 3.30. The third-order valence-corrected chi connectivity index (χ3v) is 6.31. The van der Waals surface area contributed by atoms with Crippen molar-refractivity contribution in [2.45, 2.75) is 64.3 Å². The number of hydrogen-bond acceptors (Lipinski definition) is 4. The predicted octanol–water partition coefficient (Wildman–Crippen LogP) is 4.39. The minimum Gasteiger partial charge on any atom is -0.330 e. The van der Waals surface area contributed by atoms with Gasteiger partial charge in [-0.15, -0.1) is 0 Å². The van der Waals surface area contributed by atoms with E-state index in [-0.39, 0.29) is 12.1 Å². The van der Waals surface area contributed by atoms with Gasteiger partial charge in [-0.2, -0.15) is 13.2 Å². The second kappa shape index (κ2) is 9.85. The second-order valence-electron chi connectivity index (χ2n) is 9.39. The maximum atomic E-state index is 14.3. The maximum absolute atomic E-state index is 14.3. The van der Waals surface area contributed by atoms with Gasteiger partial charge >= 0.3 is 12.2 Å². The molecule has 1 fully saturated rings. The van der Waals surface area contributed by atoms with Crippen LogP contribution in [0.25, 0.3) is 0 Å². The molecule has 6 nitrogen and oxygen atoms in total. The second-order valence-corrected chi connectivity index (χ2v) is 9.39. The van der Waals surface area contributed by atoms with Crippen molar-refractivity contribution in [1.82, 2.24) is 25.5 Å². The molecule has 0 radical (unpaired) electrons. The van der Waals surface area contributed by atoms with Crippen LogP contribution in [-0.2, 0) is 25.6 Å². The summed E-state index contributed by atoms with van der Waals surface area (Å²) in [6.45, 7) is 5.69. The van der Waals surface area contributed by atoms with E-state index in [9.17, 15) is 22.4 Å². The van der Waals surface area contributed by atoms with Crippen molar-refractivity contribution in [2.24, 2.45) is 5.92 Å². The molecule has 1 aromatic heterocycles. The van der Waals surface area contributed by atoms with Gasteiger partial charge in [-0.05, 0) is 55.0 Å². The van der Waals surface area contributed by atoms with Gasteiger partial charge in [-0.1, -0.05) is 19.9 Å². The number of benzene rings is 1. The Kier molecular flexibility index (Phi) is 7.06. The Morgan fingerprint density at radius 1 is 1.32 bits per heavy atom. The average molecular weight is 480 g/mol. The molecule has 2 aromatic rings. The molecule has 2 N–H and O–H groups in total. The van der Waals surface area contributed by atoms with E-state index in [0.717, 1.165) is 55.0 Å². The fraction of sp³-hybridized carbons (Fsp3) is 0.542. The van der Waals surface area contributed by atoms with Gasteiger partial charge in [-0.25, -0.2) is 19.2 Å². The van der Waals surface area contributed by atoms with Crippen LogP contribution in [-0.4, -0.2) is 40.0 Å². The van der Waals surface area contributed by atoms with Crippen molar-refractivity contribution in [3.8, 4) is 0 Å². The van der Waals surface area contributed by atoms with Crippen LogP contribution in [0.15, 0.2) is 24.4 Å². The van der Waals surface area contributed by atoms with Crippen molar-refractivity contribution in [3.05, 3.63) is 58.4 Å². The Morgan fingerprint density at radius 2 is 2.12 bits per heavy atom. The summed E-state index contributed by atoms with van der Waals surface area (Å²) in [7, 11) is 0. The van der Waals surface area contributed by atoms with Crippen LogP contribution in [0.5, 0.6) is 0 Å². The van der Waals surface area contributed by atoms with Crippen molar-refractivity contribution in [3.63, 3.8) is 0 Å². The highest BCUT2D eigenvalue weighted by molar-refractivity contribution is 5.75. The first-order valence-corrected chi connectivity index (χ1v) is 11.6. The number of carbonyl (C=O) groups excluding carboxylic acids is 1. The number of carbonyl (C=O) groups is 1. The number of alkyl halides is 3. The van der Waals surface area contributed by atoms with E-state index in [1.807, 2.05) is 6.20 Å². The van der Waals surface area contributed by atoms with Crippen LogP contribution >= 0.6 is 0 Å². The summed E-state index contributed by atoms with van der Waals surface area (Å²) in [5.74, 6) is -0.197. The van der Waals surface area contributed by atoms with Gasteiger partial charge in [-0.3, -0.25) is 0 Å². The van der Waals surface area contributed by atoms with Gasteiger partial charge in [0, 0.05) is 25.2 Å². The van der Waals surface area contributed by atoms with E-state index >= 15 is 0 Å². The zero-order valence-corrected chi connectivity index (χ0v) is 19.3. The van der Waals surface area contributed by atoms with E-state index < -0.39 is 23.6 Å². The van der Waals surface area contributed by atoms with E-state index in [4.69, 9.17) is 0 Å². The molecule has 0 spiro atoms. The zero-order chi connectivity index (χ0) is 24.5. The number of amides is 2. The van der Waals surface area contributed by atoms with Gasteiger partial charge in [0.15, 0.2) is 0 Å². The van der Waals surface area contributed by atoms with E-state index in [1.165, 1.54) is 6.07 Å². The molecule has 0 aliphatic carbocycles. The summed E-state index contributed by atoms with van der Waals surface area (Å²) < 4.78 is 53.3. The summed E-state index contributed by atoms with van der Waals surface area (Å²) >= 11 is 0. The molecule has 1 aromatic carbocycles. The minimum atomic E-state index is -4.77. The fourth-order valence-corrected chi connectivity index (χ4v) is 4.57. The van der Waals surface area contributed by atoms with Crippen molar-refractivity contribution < 1.29 is 22.4 Å². The monoisotopic (exact) mass is 479 g/mol. The molecular formula is C24H29F4N5O. The number of rotatable bonds is 5. The van der Waals surface area contributed by atoms with E-state index in [1.54, 1.807) is 4.90 Å². The molecule has 2 atom stereocenters. The molecule has 2 aliphatic rings. The van der Waals surface area contributed by atoms with Gasteiger partial charge in [0.05, 0.1) is 23.8 Å². The summed E-state index contributed by atoms with van der Waals surface area (Å²) in [6, 6.07) is 1.66. The normalized spacial score (nSPS) is 19.3. The van der Waals surface area contributed by atoms with Crippen LogP contribution in [0, 0.1) is 11.7 Å². The van der Waals surface area contributed by atoms with E-state index in [0.29, 0.717) is 31.0 Å². The number of nitrogens with zero attached hydrogens (tertiary/aromatic N) is 3. The number of halogens is 4. The topological polar surface area (TPSA) is 70.2 Å². The largest absolute Gasteiger partial charge is 0.419 e. The van der Waals surface area contributed by atoms with Crippen LogP contribution in [0.1, 0.15) is 60.9 Å². The molecule has 1 saturated heterocycles. The molecule has 10 heteroatoms. The summed E-state index contributed by atoms with van der Waals surface area (Å²) in [4.78, 5) is 23.9. The van der Waals surface area contributed by atoms with Gasteiger partial charge in [0.25, 0.3) is 0 Å². The van der Waals surface area contributed by atoms with E-state index in [2.05, 4.69) is 34.4 Å². The minimum absolute atomic E-state index is 0.197. The Hall–Kier alpha value is -2.75. The smallest absolute Gasteiger partial charge is 0.330 e. The van der Waals surface area contributed by atoms with Gasteiger partial charge in [0.2, 0.25) is 0 Å². The molecule has 4 rings (SSSR count). The lowest BCUT2D eigenvalue weighted by Gasteiger charge is -2.32. The molecule has 34 heavy (non-hydrogen) atoms. The first-order valence-electron chi connectivity index (χ1n) is 11.6. The third-order valence-electron chi connectivity index (χ3n) is 6.31. The third kappa shape index (κ3) is 5.48. The predicted molar refractivity (Wildman–Crippen MR) is 118 cm³/mol. The van der Waals surface area contributed by atoms with Crippen LogP contribution in [0.2, 0.25) is 0 Å². The molecule has 3 heterocycles. The van der Waals surface area contributed by atoms with Crippen molar-refractivity contribution >= 4 is 6.03 Å². The Labute approximate surface area is 196 Å². The SMILES string of the molecule is CC(C)Cc1ncc2c(n1)CN(C(=O)N[C@@H](c1ccc(C(F)(F)F)c(F)c1)[C@@H]1CCCN1)CC2. The number of nitrogens with one attached hydrogen (secondary N) is 2.